The zero-order valence-corrected chi connectivity index (χ0v) is 12.7. The van der Waals surface area contributed by atoms with E-state index in [1.165, 1.54) is 32.1 Å². The normalized spacial score (nSPS) is 10.6. The second-order valence-corrected chi connectivity index (χ2v) is 5.26. The summed E-state index contributed by atoms with van der Waals surface area (Å²) in [5, 5.41) is 4.20. The highest BCUT2D eigenvalue weighted by Gasteiger charge is 1.95. The summed E-state index contributed by atoms with van der Waals surface area (Å²) < 4.78 is 5.65. The van der Waals surface area contributed by atoms with E-state index in [1.54, 1.807) is 0 Å². The second-order valence-electron chi connectivity index (χ2n) is 4.82. The molecule has 0 fully saturated rings. The standard InChI is InChI=1S/C16H26ClNO/c1-2-3-11-18-12-6-4-5-7-13-19-16-10-8-9-15(17)14-16/h8-10,14,18H,2-7,11-13H2,1H3. The van der Waals surface area contributed by atoms with Crippen LogP contribution in [0.4, 0.5) is 0 Å². The summed E-state index contributed by atoms with van der Waals surface area (Å²) in [6.45, 7) is 5.31. The summed E-state index contributed by atoms with van der Waals surface area (Å²) in [6, 6.07) is 7.59. The van der Waals surface area contributed by atoms with Crippen LogP contribution in [0.1, 0.15) is 45.4 Å². The van der Waals surface area contributed by atoms with Gasteiger partial charge in [0, 0.05) is 5.02 Å². The van der Waals surface area contributed by atoms with Gasteiger partial charge in [-0.3, -0.25) is 0 Å². The van der Waals surface area contributed by atoms with Gasteiger partial charge < -0.3 is 10.1 Å². The fourth-order valence-electron chi connectivity index (χ4n) is 1.88. The third-order valence-corrected chi connectivity index (χ3v) is 3.25. The summed E-state index contributed by atoms with van der Waals surface area (Å²) >= 11 is 5.89. The van der Waals surface area contributed by atoms with Gasteiger partial charge in [-0.2, -0.15) is 0 Å². The molecule has 3 heteroatoms. The number of nitrogens with one attached hydrogen (secondary N) is 1. The number of hydrogen-bond acceptors (Lipinski definition) is 2. The Labute approximate surface area is 122 Å². The fourth-order valence-corrected chi connectivity index (χ4v) is 2.06. The minimum Gasteiger partial charge on any atom is -0.494 e. The molecule has 1 aromatic carbocycles. The van der Waals surface area contributed by atoms with Gasteiger partial charge in [0.2, 0.25) is 0 Å². The van der Waals surface area contributed by atoms with Gasteiger partial charge in [0.15, 0.2) is 0 Å². The first-order valence-corrected chi connectivity index (χ1v) is 7.80. The first-order chi connectivity index (χ1) is 9.33. The quantitative estimate of drug-likeness (QED) is 0.596. The highest BCUT2D eigenvalue weighted by molar-refractivity contribution is 6.30. The van der Waals surface area contributed by atoms with Crippen LogP contribution in [0.15, 0.2) is 24.3 Å². The number of hydrogen-bond donors (Lipinski definition) is 1. The van der Waals surface area contributed by atoms with Crippen molar-refractivity contribution in [2.24, 2.45) is 0 Å². The molecule has 0 aliphatic carbocycles. The Bertz CT molecular complexity index is 330. The van der Waals surface area contributed by atoms with Crippen LogP contribution in [0, 0.1) is 0 Å². The van der Waals surface area contributed by atoms with Crippen molar-refractivity contribution in [2.45, 2.75) is 45.4 Å². The molecule has 1 N–H and O–H groups in total. The molecular weight excluding hydrogens is 258 g/mol. The van der Waals surface area contributed by atoms with E-state index in [0.717, 1.165) is 36.9 Å². The first kappa shape index (κ1) is 16.3. The molecule has 1 aromatic rings. The zero-order valence-electron chi connectivity index (χ0n) is 12.0. The minimum atomic E-state index is 0.732. The Kier molecular flexibility index (Phi) is 9.56. The maximum absolute atomic E-state index is 5.89. The Hall–Kier alpha value is -0.730. The Morgan fingerprint density at radius 3 is 2.63 bits per heavy atom. The predicted octanol–water partition coefficient (Wildman–Crippen LogP) is 4.67. The van der Waals surface area contributed by atoms with Gasteiger partial charge >= 0.3 is 0 Å². The van der Waals surface area contributed by atoms with E-state index in [1.807, 2.05) is 24.3 Å². The molecule has 0 spiro atoms. The SMILES string of the molecule is CCCCNCCCCCCOc1cccc(Cl)c1. The van der Waals surface area contributed by atoms with E-state index >= 15 is 0 Å². The molecule has 108 valence electrons. The lowest BCUT2D eigenvalue weighted by molar-refractivity contribution is 0.304. The topological polar surface area (TPSA) is 21.3 Å². The van der Waals surface area contributed by atoms with Crippen molar-refractivity contribution in [1.29, 1.82) is 0 Å². The maximum atomic E-state index is 5.89. The number of ether oxygens (including phenoxy) is 1. The Balaban J connectivity index is 1.89. The van der Waals surface area contributed by atoms with E-state index in [-0.39, 0.29) is 0 Å². The van der Waals surface area contributed by atoms with Gasteiger partial charge in [-0.1, -0.05) is 43.9 Å². The monoisotopic (exact) mass is 283 g/mol. The molecule has 2 nitrogen and oxygen atoms in total. The van der Waals surface area contributed by atoms with Crippen LogP contribution in [0.25, 0.3) is 0 Å². The van der Waals surface area contributed by atoms with Crippen LogP contribution < -0.4 is 10.1 Å². The molecular formula is C16H26ClNO. The zero-order chi connectivity index (χ0) is 13.8. The van der Waals surface area contributed by atoms with Crippen LogP contribution in [0.5, 0.6) is 5.75 Å². The lowest BCUT2D eigenvalue weighted by Crippen LogP contribution is -2.16. The molecule has 0 aromatic heterocycles. The van der Waals surface area contributed by atoms with Gasteiger partial charge in [0.1, 0.15) is 5.75 Å². The summed E-state index contributed by atoms with van der Waals surface area (Å²) in [5.74, 6) is 0.869. The Morgan fingerprint density at radius 2 is 1.84 bits per heavy atom. The van der Waals surface area contributed by atoms with Crippen molar-refractivity contribution in [1.82, 2.24) is 5.32 Å². The van der Waals surface area contributed by atoms with E-state index in [4.69, 9.17) is 16.3 Å². The van der Waals surface area contributed by atoms with Crippen molar-refractivity contribution in [3.63, 3.8) is 0 Å². The summed E-state index contributed by atoms with van der Waals surface area (Å²) in [4.78, 5) is 0. The molecule has 1 rings (SSSR count). The van der Waals surface area contributed by atoms with E-state index in [2.05, 4.69) is 12.2 Å². The van der Waals surface area contributed by atoms with Gasteiger partial charge in [-0.15, -0.1) is 0 Å². The summed E-state index contributed by atoms with van der Waals surface area (Å²) in [5.41, 5.74) is 0. The van der Waals surface area contributed by atoms with Crippen molar-refractivity contribution in [3.8, 4) is 5.75 Å². The first-order valence-electron chi connectivity index (χ1n) is 7.42. The third kappa shape index (κ3) is 8.90. The van der Waals surface area contributed by atoms with Crippen molar-refractivity contribution in [2.75, 3.05) is 19.7 Å². The lowest BCUT2D eigenvalue weighted by atomic mass is 10.2. The second kappa shape index (κ2) is 11.1. The molecule has 0 aliphatic heterocycles. The smallest absolute Gasteiger partial charge is 0.120 e. The number of halogens is 1. The Morgan fingerprint density at radius 1 is 1.05 bits per heavy atom. The van der Waals surface area contributed by atoms with Gasteiger partial charge in [-0.05, 0) is 50.6 Å². The molecule has 0 atom stereocenters. The summed E-state index contributed by atoms with van der Waals surface area (Å²) in [7, 11) is 0. The number of benzene rings is 1. The van der Waals surface area contributed by atoms with Gasteiger partial charge in [0.25, 0.3) is 0 Å². The van der Waals surface area contributed by atoms with Gasteiger partial charge in [0.05, 0.1) is 6.61 Å². The molecule has 0 unspecified atom stereocenters. The average molecular weight is 284 g/mol. The predicted molar refractivity (Wildman–Crippen MR) is 83.2 cm³/mol. The van der Waals surface area contributed by atoms with Crippen LogP contribution >= 0.6 is 11.6 Å². The van der Waals surface area contributed by atoms with Crippen molar-refractivity contribution in [3.05, 3.63) is 29.3 Å². The average Bonchev–Trinajstić information content (AvgIpc) is 2.41. The molecule has 0 aliphatic rings. The van der Waals surface area contributed by atoms with Crippen molar-refractivity contribution < 1.29 is 4.74 Å². The minimum absolute atomic E-state index is 0.732. The molecule has 0 bridgehead atoms. The molecule has 0 saturated heterocycles. The van der Waals surface area contributed by atoms with E-state index in [0.29, 0.717) is 0 Å². The fraction of sp³-hybridized carbons (Fsp3) is 0.625. The van der Waals surface area contributed by atoms with Crippen LogP contribution in [-0.4, -0.2) is 19.7 Å². The lowest BCUT2D eigenvalue weighted by Gasteiger charge is -2.06. The molecule has 0 heterocycles. The summed E-state index contributed by atoms with van der Waals surface area (Å²) in [6.07, 6.45) is 7.44. The van der Waals surface area contributed by atoms with Gasteiger partial charge in [-0.25, -0.2) is 0 Å². The molecule has 0 radical (unpaired) electrons. The highest BCUT2D eigenvalue weighted by atomic mass is 35.5. The number of rotatable bonds is 11. The largest absolute Gasteiger partial charge is 0.494 e. The molecule has 0 saturated carbocycles. The van der Waals surface area contributed by atoms with E-state index < -0.39 is 0 Å². The van der Waals surface area contributed by atoms with Crippen LogP contribution in [0.3, 0.4) is 0 Å². The maximum Gasteiger partial charge on any atom is 0.120 e. The van der Waals surface area contributed by atoms with E-state index in [9.17, 15) is 0 Å². The molecule has 19 heavy (non-hydrogen) atoms. The molecule has 0 amide bonds. The highest BCUT2D eigenvalue weighted by Crippen LogP contribution is 2.17. The third-order valence-electron chi connectivity index (χ3n) is 3.02. The van der Waals surface area contributed by atoms with Crippen molar-refractivity contribution >= 4 is 11.6 Å². The van der Waals surface area contributed by atoms with Crippen LogP contribution in [-0.2, 0) is 0 Å². The number of unbranched alkanes of at least 4 members (excludes halogenated alkanes) is 4. The van der Waals surface area contributed by atoms with Crippen LogP contribution in [0.2, 0.25) is 5.02 Å².